The zero-order chi connectivity index (χ0) is 25.0. The number of carbonyl (C=O) groups is 1. The third-order valence-electron chi connectivity index (χ3n) is 6.13. The topological polar surface area (TPSA) is 98.1 Å². The number of pyridine rings is 2. The van der Waals surface area contributed by atoms with Gasteiger partial charge in [0.15, 0.2) is 17.0 Å². The van der Waals surface area contributed by atoms with Gasteiger partial charge in [-0.1, -0.05) is 13.0 Å². The van der Waals surface area contributed by atoms with Gasteiger partial charge in [-0.2, -0.15) is 4.39 Å². The van der Waals surface area contributed by atoms with Crippen molar-refractivity contribution in [2.45, 2.75) is 44.4 Å². The van der Waals surface area contributed by atoms with Gasteiger partial charge in [0, 0.05) is 36.4 Å². The van der Waals surface area contributed by atoms with Gasteiger partial charge < -0.3 is 15.5 Å². The van der Waals surface area contributed by atoms with Crippen molar-refractivity contribution in [1.29, 1.82) is 0 Å². The number of carbonyl (C=O) groups excluding carboxylic acids is 1. The summed E-state index contributed by atoms with van der Waals surface area (Å²) in [7, 11) is 1.26. The standard InChI is InChI=1S/C15H18F4O.C9H7N3O2/c1-3-15(18,19)10-5-4-9(8-10)11-6-7-12(16)13(17)14(11)20-2;10-9(14)8-7-5(1-3-12-8)11-4-2-6(7)13/h6-7,9-10H,3-5,8H2,1-2H3;1-4H,(H2,10,14)(H,11,13). The third-order valence-corrected chi connectivity index (χ3v) is 6.13. The first-order chi connectivity index (χ1) is 16.1. The summed E-state index contributed by atoms with van der Waals surface area (Å²) < 4.78 is 59.2. The molecular weight excluding hydrogens is 454 g/mol. The molecule has 0 spiro atoms. The van der Waals surface area contributed by atoms with Crippen LogP contribution in [0.25, 0.3) is 10.9 Å². The fraction of sp³-hybridized carbons (Fsp3) is 0.375. The number of aromatic nitrogens is 2. The van der Waals surface area contributed by atoms with Crippen LogP contribution < -0.4 is 15.9 Å². The number of primary amides is 1. The Kier molecular flexibility index (Phi) is 7.58. The molecule has 2 atom stereocenters. The van der Waals surface area contributed by atoms with Gasteiger partial charge in [-0.3, -0.25) is 14.6 Å². The highest BCUT2D eigenvalue weighted by Crippen LogP contribution is 2.48. The minimum Gasteiger partial charge on any atom is -0.493 e. The van der Waals surface area contributed by atoms with Gasteiger partial charge >= 0.3 is 0 Å². The van der Waals surface area contributed by atoms with Gasteiger partial charge in [-0.15, -0.1) is 0 Å². The number of amides is 1. The number of aromatic amines is 1. The molecule has 2 aromatic heterocycles. The zero-order valence-electron chi connectivity index (χ0n) is 18.7. The molecule has 2 unspecified atom stereocenters. The Morgan fingerprint density at radius 2 is 1.97 bits per heavy atom. The van der Waals surface area contributed by atoms with E-state index in [9.17, 15) is 27.2 Å². The first-order valence-corrected chi connectivity index (χ1v) is 10.8. The normalized spacial score (nSPS) is 17.8. The Labute approximate surface area is 193 Å². The highest BCUT2D eigenvalue weighted by atomic mass is 19.3. The highest BCUT2D eigenvalue weighted by molar-refractivity contribution is 6.03. The van der Waals surface area contributed by atoms with E-state index in [0.717, 1.165) is 6.07 Å². The molecular formula is C24H25F4N3O3. The minimum absolute atomic E-state index is 0.00403. The molecule has 0 bridgehead atoms. The van der Waals surface area contributed by atoms with Crippen LogP contribution in [0.2, 0.25) is 0 Å². The molecule has 0 radical (unpaired) electrons. The zero-order valence-corrected chi connectivity index (χ0v) is 18.7. The summed E-state index contributed by atoms with van der Waals surface area (Å²) in [6.07, 6.45) is 3.96. The SMILES string of the molecule is CCC(F)(F)C1CCC(c2ccc(F)c(F)c2OC)C1.NC(=O)c1nccc2[nH]ccc(=O)c12. The molecule has 182 valence electrons. The van der Waals surface area contributed by atoms with Crippen molar-refractivity contribution >= 4 is 16.8 Å². The van der Waals surface area contributed by atoms with E-state index in [-0.39, 0.29) is 41.0 Å². The van der Waals surface area contributed by atoms with E-state index in [1.54, 1.807) is 6.07 Å². The number of nitrogens with two attached hydrogens (primary N) is 1. The maximum absolute atomic E-state index is 13.7. The molecule has 0 aliphatic heterocycles. The molecule has 10 heteroatoms. The fourth-order valence-corrected chi connectivity index (χ4v) is 4.32. The van der Waals surface area contributed by atoms with Gasteiger partial charge in [0.1, 0.15) is 5.69 Å². The van der Waals surface area contributed by atoms with Crippen LogP contribution in [0.5, 0.6) is 5.75 Å². The van der Waals surface area contributed by atoms with Crippen LogP contribution in [0, 0.1) is 17.6 Å². The van der Waals surface area contributed by atoms with E-state index >= 15 is 0 Å². The van der Waals surface area contributed by atoms with E-state index in [4.69, 9.17) is 10.5 Å². The average Bonchev–Trinajstić information content (AvgIpc) is 3.32. The van der Waals surface area contributed by atoms with E-state index in [0.29, 0.717) is 23.9 Å². The summed E-state index contributed by atoms with van der Waals surface area (Å²) in [6, 6.07) is 5.41. The molecule has 3 aromatic rings. The summed E-state index contributed by atoms with van der Waals surface area (Å²) in [4.78, 5) is 29.0. The lowest BCUT2D eigenvalue weighted by Gasteiger charge is -2.22. The average molecular weight is 479 g/mol. The molecule has 1 aromatic carbocycles. The van der Waals surface area contributed by atoms with Crippen LogP contribution in [0.4, 0.5) is 17.6 Å². The summed E-state index contributed by atoms with van der Waals surface area (Å²) in [5, 5.41) is 0.238. The van der Waals surface area contributed by atoms with Gasteiger partial charge in [0.2, 0.25) is 5.82 Å². The Balaban J connectivity index is 0.000000202. The van der Waals surface area contributed by atoms with E-state index < -0.39 is 29.4 Å². The lowest BCUT2D eigenvalue weighted by molar-refractivity contribution is -0.0591. The summed E-state index contributed by atoms with van der Waals surface area (Å²) in [5.41, 5.74) is 5.88. The summed E-state index contributed by atoms with van der Waals surface area (Å²) >= 11 is 0. The van der Waals surface area contributed by atoms with Crippen molar-refractivity contribution < 1.29 is 27.1 Å². The number of halogens is 4. The number of hydrogen-bond donors (Lipinski definition) is 2. The largest absolute Gasteiger partial charge is 0.493 e. The van der Waals surface area contributed by atoms with Gasteiger partial charge in [0.25, 0.3) is 11.8 Å². The number of ether oxygens (including phenoxy) is 1. The second-order valence-electron chi connectivity index (χ2n) is 8.09. The van der Waals surface area contributed by atoms with Crippen LogP contribution >= 0.6 is 0 Å². The lowest BCUT2D eigenvalue weighted by Crippen LogP contribution is -2.25. The maximum Gasteiger partial charge on any atom is 0.268 e. The van der Waals surface area contributed by atoms with Crippen LogP contribution in [-0.4, -0.2) is 28.9 Å². The third kappa shape index (κ3) is 5.05. The van der Waals surface area contributed by atoms with Crippen molar-refractivity contribution in [1.82, 2.24) is 9.97 Å². The molecule has 1 aliphatic carbocycles. The number of methoxy groups -OCH3 is 1. The fourth-order valence-electron chi connectivity index (χ4n) is 4.32. The summed E-state index contributed by atoms with van der Waals surface area (Å²) in [6.45, 7) is 1.46. The molecule has 6 nitrogen and oxygen atoms in total. The number of nitrogens with one attached hydrogen (secondary N) is 1. The van der Waals surface area contributed by atoms with Gasteiger partial charge in [-0.05, 0) is 37.3 Å². The Morgan fingerprint density at radius 1 is 1.24 bits per heavy atom. The molecule has 1 saturated carbocycles. The smallest absolute Gasteiger partial charge is 0.268 e. The number of hydrogen-bond acceptors (Lipinski definition) is 4. The highest BCUT2D eigenvalue weighted by Gasteiger charge is 2.43. The number of nitrogens with zero attached hydrogens (tertiary/aromatic N) is 1. The predicted octanol–water partition coefficient (Wildman–Crippen LogP) is 4.92. The Morgan fingerprint density at radius 3 is 2.62 bits per heavy atom. The van der Waals surface area contributed by atoms with Crippen molar-refractivity contribution in [3.8, 4) is 5.75 Å². The van der Waals surface area contributed by atoms with Gasteiger partial charge in [0.05, 0.1) is 18.0 Å². The predicted molar refractivity (Wildman–Crippen MR) is 119 cm³/mol. The number of benzene rings is 1. The quantitative estimate of drug-likeness (QED) is 0.508. The van der Waals surface area contributed by atoms with Crippen molar-refractivity contribution in [3.63, 3.8) is 0 Å². The van der Waals surface area contributed by atoms with Crippen molar-refractivity contribution in [2.24, 2.45) is 11.7 Å². The molecule has 1 fully saturated rings. The summed E-state index contributed by atoms with van der Waals surface area (Å²) in [5.74, 6) is -6.49. The van der Waals surface area contributed by atoms with E-state index in [1.165, 1.54) is 38.6 Å². The number of fused-ring (bicyclic) bond motifs is 1. The van der Waals surface area contributed by atoms with Crippen LogP contribution in [-0.2, 0) is 0 Å². The molecule has 34 heavy (non-hydrogen) atoms. The number of alkyl halides is 2. The second kappa shape index (κ2) is 10.2. The second-order valence-corrected chi connectivity index (χ2v) is 8.09. The van der Waals surface area contributed by atoms with Crippen molar-refractivity contribution in [2.75, 3.05) is 7.11 Å². The van der Waals surface area contributed by atoms with E-state index in [2.05, 4.69) is 9.97 Å². The van der Waals surface area contributed by atoms with Gasteiger partial charge in [-0.25, -0.2) is 13.2 Å². The van der Waals surface area contributed by atoms with Crippen LogP contribution in [0.3, 0.4) is 0 Å². The molecule has 1 aliphatic rings. The molecule has 1 amide bonds. The first kappa shape index (κ1) is 25.2. The van der Waals surface area contributed by atoms with Crippen molar-refractivity contribution in [3.05, 3.63) is 69.8 Å². The van der Waals surface area contributed by atoms with E-state index in [1.807, 2.05) is 0 Å². The lowest BCUT2D eigenvalue weighted by atomic mass is 9.92. The monoisotopic (exact) mass is 479 g/mol. The molecule has 4 rings (SSSR count). The molecule has 3 N–H and O–H groups in total. The van der Waals surface area contributed by atoms with Crippen LogP contribution in [0.15, 0.2) is 41.5 Å². The molecule has 0 saturated heterocycles. The van der Waals surface area contributed by atoms with Crippen LogP contribution in [0.1, 0.15) is 54.6 Å². The Hall–Kier alpha value is -3.43. The maximum atomic E-state index is 13.7. The number of rotatable bonds is 5. The Bertz CT molecular complexity index is 1240. The minimum atomic E-state index is -2.69. The first-order valence-electron chi connectivity index (χ1n) is 10.8. The molecule has 2 heterocycles. The number of H-pyrrole nitrogens is 1.